The van der Waals surface area contributed by atoms with Crippen molar-refractivity contribution in [2.24, 2.45) is 23.2 Å². The second kappa shape index (κ2) is 6.56. The van der Waals surface area contributed by atoms with Crippen molar-refractivity contribution in [3.63, 3.8) is 0 Å². The van der Waals surface area contributed by atoms with Gasteiger partial charge in [0.2, 0.25) is 0 Å². The molecule has 0 bridgehead atoms. The molecule has 25 heavy (non-hydrogen) atoms. The van der Waals surface area contributed by atoms with Crippen LogP contribution in [0.2, 0.25) is 0 Å². The van der Waals surface area contributed by atoms with Gasteiger partial charge in [0.15, 0.2) is 0 Å². The molecule has 1 aromatic rings. The second-order valence-electron chi connectivity index (χ2n) is 8.39. The Morgan fingerprint density at radius 2 is 2.28 bits per heavy atom. The first-order valence-corrected chi connectivity index (χ1v) is 9.71. The number of allylic oxidation sites excluding steroid dienone is 1. The van der Waals surface area contributed by atoms with E-state index in [1.807, 2.05) is 24.4 Å². The Morgan fingerprint density at radius 3 is 3.08 bits per heavy atom. The number of esters is 1. The topological polar surface area (TPSA) is 55.8 Å². The van der Waals surface area contributed by atoms with Crippen LogP contribution in [0.4, 0.5) is 0 Å². The summed E-state index contributed by atoms with van der Waals surface area (Å²) in [6, 6.07) is 5.97. The maximum Gasteiger partial charge on any atom is 0.315 e. The van der Waals surface area contributed by atoms with Gasteiger partial charge in [-0.15, -0.1) is 0 Å². The van der Waals surface area contributed by atoms with Gasteiger partial charge >= 0.3 is 5.97 Å². The Bertz CT molecular complexity index is 672. The molecule has 134 valence electrons. The van der Waals surface area contributed by atoms with Crippen LogP contribution < -0.4 is 5.32 Å². The third-order valence-corrected chi connectivity index (χ3v) is 6.58. The minimum absolute atomic E-state index is 0.000907. The van der Waals surface area contributed by atoms with Crippen LogP contribution in [0.15, 0.2) is 36.0 Å². The standard InChI is InChI=1S/C21H28N2O2/c1-14-6-5-8-21(2)11-19-16(10-18(14)21)17(20(24)25-19)13-22-12-15-7-3-4-9-23-15/h3-4,7,9-10,14,16-17,19,22H,5-6,8,11-13H2,1-2H3/p+1/t14-,16+,17+,19+,21+/m0/s1. The molecule has 2 fully saturated rings. The summed E-state index contributed by atoms with van der Waals surface area (Å²) in [7, 11) is 0. The molecule has 0 amide bonds. The zero-order chi connectivity index (χ0) is 17.4. The molecule has 2 N–H and O–H groups in total. The SMILES string of the molecule is C[C@H]1CCC[C@]2(C)C[C@H]3OC(=O)[C@H](C[NH2+]Cc4ccccn4)[C@H]3C=C12. The fraction of sp³-hybridized carbons (Fsp3) is 0.619. The number of rotatable bonds is 4. The van der Waals surface area contributed by atoms with Gasteiger partial charge in [-0.05, 0) is 42.7 Å². The minimum Gasteiger partial charge on any atom is -0.461 e. The third kappa shape index (κ3) is 3.12. The van der Waals surface area contributed by atoms with E-state index in [9.17, 15) is 4.79 Å². The van der Waals surface area contributed by atoms with Gasteiger partial charge in [0.05, 0.1) is 12.2 Å². The Kier molecular flexibility index (Phi) is 4.40. The maximum atomic E-state index is 12.5. The lowest BCUT2D eigenvalue weighted by atomic mass is 9.59. The zero-order valence-corrected chi connectivity index (χ0v) is 15.3. The average molecular weight is 341 g/mol. The van der Waals surface area contributed by atoms with Crippen LogP contribution in [-0.4, -0.2) is 23.6 Å². The number of pyridine rings is 1. The molecular formula is C21H29N2O2+. The Hall–Kier alpha value is -1.68. The maximum absolute atomic E-state index is 12.5. The van der Waals surface area contributed by atoms with E-state index in [0.29, 0.717) is 5.92 Å². The van der Waals surface area contributed by atoms with Crippen LogP contribution in [-0.2, 0) is 16.1 Å². The van der Waals surface area contributed by atoms with Gasteiger partial charge in [0, 0.05) is 12.1 Å². The van der Waals surface area contributed by atoms with Crippen LogP contribution in [0.3, 0.4) is 0 Å². The predicted octanol–water partition coefficient (Wildman–Crippen LogP) is 2.46. The summed E-state index contributed by atoms with van der Waals surface area (Å²) in [5.41, 5.74) is 2.89. The van der Waals surface area contributed by atoms with Crippen molar-refractivity contribution < 1.29 is 14.8 Å². The number of hydrogen-bond acceptors (Lipinski definition) is 3. The van der Waals surface area contributed by atoms with E-state index >= 15 is 0 Å². The lowest BCUT2D eigenvalue weighted by molar-refractivity contribution is -0.675. The van der Waals surface area contributed by atoms with Crippen molar-refractivity contribution in [2.45, 2.75) is 52.2 Å². The monoisotopic (exact) mass is 341 g/mol. The Balaban J connectivity index is 1.47. The molecule has 4 heteroatoms. The minimum atomic E-state index is -0.0140. The summed E-state index contributed by atoms with van der Waals surface area (Å²) in [6.07, 6.45) is 9.16. The van der Waals surface area contributed by atoms with Crippen molar-refractivity contribution >= 4 is 5.97 Å². The van der Waals surface area contributed by atoms with E-state index in [2.05, 4.69) is 30.2 Å². The van der Waals surface area contributed by atoms with E-state index in [4.69, 9.17) is 4.74 Å². The molecule has 0 unspecified atom stereocenters. The van der Waals surface area contributed by atoms with Gasteiger partial charge in [-0.3, -0.25) is 9.78 Å². The van der Waals surface area contributed by atoms with Gasteiger partial charge in [-0.2, -0.15) is 0 Å². The molecule has 0 spiro atoms. The number of hydrogen-bond donors (Lipinski definition) is 1. The first kappa shape index (κ1) is 16.8. The molecule has 1 saturated carbocycles. The Labute approximate surface area is 150 Å². The fourth-order valence-corrected chi connectivity index (χ4v) is 5.25. The van der Waals surface area contributed by atoms with E-state index in [1.165, 1.54) is 19.3 Å². The van der Waals surface area contributed by atoms with Gasteiger partial charge in [0.25, 0.3) is 0 Å². The number of quaternary nitrogens is 1. The van der Waals surface area contributed by atoms with Crippen molar-refractivity contribution in [3.8, 4) is 0 Å². The van der Waals surface area contributed by atoms with Gasteiger partial charge in [0.1, 0.15) is 18.6 Å². The van der Waals surface area contributed by atoms with Crippen molar-refractivity contribution in [2.75, 3.05) is 6.54 Å². The zero-order valence-electron chi connectivity index (χ0n) is 15.3. The highest BCUT2D eigenvalue weighted by Gasteiger charge is 2.52. The highest BCUT2D eigenvalue weighted by Crippen LogP contribution is 2.53. The highest BCUT2D eigenvalue weighted by molar-refractivity contribution is 5.76. The summed E-state index contributed by atoms with van der Waals surface area (Å²) in [6.45, 7) is 6.32. The summed E-state index contributed by atoms with van der Waals surface area (Å²) < 4.78 is 5.81. The molecule has 5 atom stereocenters. The summed E-state index contributed by atoms with van der Waals surface area (Å²) in [4.78, 5) is 16.8. The van der Waals surface area contributed by atoms with Crippen molar-refractivity contribution in [3.05, 3.63) is 41.7 Å². The molecule has 1 saturated heterocycles. The van der Waals surface area contributed by atoms with Crippen molar-refractivity contribution in [1.82, 2.24) is 4.98 Å². The van der Waals surface area contributed by atoms with E-state index in [-0.39, 0.29) is 29.3 Å². The summed E-state index contributed by atoms with van der Waals surface area (Å²) in [5, 5.41) is 2.20. The van der Waals surface area contributed by atoms with Gasteiger partial charge in [-0.25, -0.2) is 0 Å². The lowest BCUT2D eigenvalue weighted by Gasteiger charge is -2.45. The molecule has 4 nitrogen and oxygen atoms in total. The number of ether oxygens (including phenoxy) is 1. The van der Waals surface area contributed by atoms with Crippen LogP contribution in [0, 0.1) is 23.2 Å². The lowest BCUT2D eigenvalue weighted by Crippen LogP contribution is -2.84. The molecule has 1 aliphatic heterocycles. The number of nitrogens with zero attached hydrogens (tertiary/aromatic N) is 1. The second-order valence-corrected chi connectivity index (χ2v) is 8.39. The average Bonchev–Trinajstić information content (AvgIpc) is 2.88. The smallest absolute Gasteiger partial charge is 0.315 e. The summed E-state index contributed by atoms with van der Waals surface area (Å²) >= 11 is 0. The number of carbonyl (C=O) groups is 1. The van der Waals surface area contributed by atoms with Crippen LogP contribution in [0.5, 0.6) is 0 Å². The van der Waals surface area contributed by atoms with Crippen LogP contribution in [0.25, 0.3) is 0 Å². The Morgan fingerprint density at radius 1 is 1.40 bits per heavy atom. The molecule has 0 aromatic carbocycles. The molecule has 4 rings (SSSR count). The van der Waals surface area contributed by atoms with E-state index in [1.54, 1.807) is 5.57 Å². The highest BCUT2D eigenvalue weighted by atomic mass is 16.6. The molecule has 3 aliphatic rings. The van der Waals surface area contributed by atoms with Crippen LogP contribution >= 0.6 is 0 Å². The van der Waals surface area contributed by atoms with E-state index in [0.717, 1.165) is 25.2 Å². The third-order valence-electron chi connectivity index (χ3n) is 6.58. The molecule has 2 heterocycles. The number of fused-ring (bicyclic) bond motifs is 2. The number of carbonyl (C=O) groups excluding carboxylic acids is 1. The summed E-state index contributed by atoms with van der Waals surface area (Å²) in [5.74, 6) is 0.892. The predicted molar refractivity (Wildman–Crippen MR) is 95.4 cm³/mol. The van der Waals surface area contributed by atoms with Gasteiger partial charge < -0.3 is 10.1 Å². The van der Waals surface area contributed by atoms with Crippen LogP contribution in [0.1, 0.15) is 45.2 Å². The first-order chi connectivity index (χ1) is 12.1. The molecule has 1 aromatic heterocycles. The first-order valence-electron chi connectivity index (χ1n) is 9.71. The molecule has 0 radical (unpaired) electrons. The fourth-order valence-electron chi connectivity index (χ4n) is 5.25. The largest absolute Gasteiger partial charge is 0.461 e. The quantitative estimate of drug-likeness (QED) is 0.676. The van der Waals surface area contributed by atoms with Crippen molar-refractivity contribution in [1.29, 1.82) is 0 Å². The van der Waals surface area contributed by atoms with Gasteiger partial charge in [-0.1, -0.05) is 38.0 Å². The molecular weight excluding hydrogens is 312 g/mol. The number of nitrogens with two attached hydrogens (primary N) is 1. The number of aromatic nitrogens is 1. The van der Waals surface area contributed by atoms with E-state index < -0.39 is 0 Å². The normalized spacial score (nSPS) is 37.0. The molecule has 2 aliphatic carbocycles.